The largest absolute Gasteiger partial charge is 0.497 e. The second-order valence-electron chi connectivity index (χ2n) is 3.58. The topological polar surface area (TPSA) is 26.3 Å². The fraction of sp³-hybridized carbons (Fsp3) is 0.0714. The molecule has 0 aliphatic carbocycles. The molecule has 0 heterocycles. The van der Waals surface area contributed by atoms with Crippen molar-refractivity contribution in [3.05, 3.63) is 53.8 Å². The number of carbonyl (C=O) groups is 1. The van der Waals surface area contributed by atoms with Crippen LogP contribution in [0.2, 0.25) is 0 Å². The Morgan fingerprint density at radius 2 is 2.00 bits per heavy atom. The highest BCUT2D eigenvalue weighted by Gasteiger charge is 2.07. The molecule has 0 aromatic heterocycles. The molecule has 0 fully saturated rings. The molecule has 17 heavy (non-hydrogen) atoms. The van der Waals surface area contributed by atoms with Gasteiger partial charge in [0, 0.05) is 5.56 Å². The molecule has 0 saturated carbocycles. The molecule has 0 aliphatic rings. The second kappa shape index (κ2) is 4.78. The second-order valence-corrected chi connectivity index (χ2v) is 3.58. The number of methoxy groups -OCH3 is 1. The first-order valence-corrected chi connectivity index (χ1v) is 5.14. The van der Waals surface area contributed by atoms with E-state index in [0.717, 1.165) is 6.29 Å². The summed E-state index contributed by atoms with van der Waals surface area (Å²) in [5, 5.41) is 0. The van der Waals surface area contributed by atoms with Gasteiger partial charge in [-0.2, -0.15) is 0 Å². The van der Waals surface area contributed by atoms with Gasteiger partial charge in [-0.15, -0.1) is 0 Å². The van der Waals surface area contributed by atoms with E-state index in [0.29, 0.717) is 22.4 Å². The summed E-state index contributed by atoms with van der Waals surface area (Å²) >= 11 is 0. The van der Waals surface area contributed by atoms with Crippen molar-refractivity contribution < 1.29 is 13.9 Å². The summed E-state index contributed by atoms with van der Waals surface area (Å²) in [6, 6.07) is 11.2. The molecule has 0 N–H and O–H groups in total. The van der Waals surface area contributed by atoms with Crippen molar-refractivity contribution in [2.24, 2.45) is 0 Å². The van der Waals surface area contributed by atoms with Gasteiger partial charge < -0.3 is 4.74 Å². The molecule has 0 unspecified atom stereocenters. The molecule has 0 aliphatic heterocycles. The Kier molecular flexibility index (Phi) is 3.19. The number of benzene rings is 2. The van der Waals surface area contributed by atoms with Gasteiger partial charge in [-0.05, 0) is 41.5 Å². The average Bonchev–Trinajstić information content (AvgIpc) is 2.38. The molecular weight excluding hydrogens is 219 g/mol. The van der Waals surface area contributed by atoms with Crippen molar-refractivity contribution >= 4 is 6.29 Å². The van der Waals surface area contributed by atoms with Crippen LogP contribution in [0.1, 0.15) is 10.4 Å². The van der Waals surface area contributed by atoms with Crippen LogP contribution in [0.5, 0.6) is 5.75 Å². The van der Waals surface area contributed by atoms with Gasteiger partial charge in [-0.25, -0.2) is 4.39 Å². The molecule has 86 valence electrons. The SMILES string of the molecule is COc1ccc(C=O)c(-c2cccc(F)c2)c1. The predicted molar refractivity (Wildman–Crippen MR) is 63.8 cm³/mol. The fourth-order valence-electron chi connectivity index (χ4n) is 1.67. The van der Waals surface area contributed by atoms with Crippen LogP contribution in [-0.4, -0.2) is 13.4 Å². The van der Waals surface area contributed by atoms with Crippen LogP contribution >= 0.6 is 0 Å². The zero-order chi connectivity index (χ0) is 12.3. The molecular formula is C14H11FO2. The van der Waals surface area contributed by atoms with E-state index in [9.17, 15) is 9.18 Å². The number of halogens is 1. The zero-order valence-electron chi connectivity index (χ0n) is 9.31. The molecule has 0 saturated heterocycles. The van der Waals surface area contributed by atoms with Crippen LogP contribution in [-0.2, 0) is 0 Å². The maximum absolute atomic E-state index is 13.2. The minimum Gasteiger partial charge on any atom is -0.497 e. The van der Waals surface area contributed by atoms with E-state index in [-0.39, 0.29) is 5.82 Å². The first-order chi connectivity index (χ1) is 8.24. The molecule has 0 radical (unpaired) electrons. The van der Waals surface area contributed by atoms with Gasteiger partial charge in [0.05, 0.1) is 7.11 Å². The monoisotopic (exact) mass is 230 g/mol. The predicted octanol–water partition coefficient (Wildman–Crippen LogP) is 3.31. The Labute approximate surface area is 98.7 Å². The highest BCUT2D eigenvalue weighted by Crippen LogP contribution is 2.27. The van der Waals surface area contributed by atoms with Crippen molar-refractivity contribution in [3.63, 3.8) is 0 Å². The Bertz CT molecular complexity index is 550. The number of hydrogen-bond donors (Lipinski definition) is 0. The molecule has 0 atom stereocenters. The third-order valence-corrected chi connectivity index (χ3v) is 2.52. The van der Waals surface area contributed by atoms with Crippen LogP contribution in [0.4, 0.5) is 4.39 Å². The lowest BCUT2D eigenvalue weighted by atomic mass is 10.00. The minimum absolute atomic E-state index is 0.331. The van der Waals surface area contributed by atoms with Crippen LogP contribution in [0.15, 0.2) is 42.5 Å². The quantitative estimate of drug-likeness (QED) is 0.756. The normalized spacial score (nSPS) is 10.0. The van der Waals surface area contributed by atoms with E-state index in [4.69, 9.17) is 4.74 Å². The van der Waals surface area contributed by atoms with Gasteiger partial charge in [0.15, 0.2) is 6.29 Å². The lowest BCUT2D eigenvalue weighted by Gasteiger charge is -2.07. The Morgan fingerprint density at radius 3 is 2.65 bits per heavy atom. The summed E-state index contributed by atoms with van der Waals surface area (Å²) in [6.45, 7) is 0. The highest BCUT2D eigenvalue weighted by molar-refractivity contribution is 5.88. The lowest BCUT2D eigenvalue weighted by molar-refractivity contribution is 0.112. The van der Waals surface area contributed by atoms with Crippen LogP contribution in [0, 0.1) is 5.82 Å². The smallest absolute Gasteiger partial charge is 0.150 e. The van der Waals surface area contributed by atoms with Gasteiger partial charge in [0.2, 0.25) is 0 Å². The van der Waals surface area contributed by atoms with Crippen molar-refractivity contribution in [2.45, 2.75) is 0 Å². The van der Waals surface area contributed by atoms with Crippen molar-refractivity contribution in [2.75, 3.05) is 7.11 Å². The third-order valence-electron chi connectivity index (χ3n) is 2.52. The number of ether oxygens (including phenoxy) is 1. The van der Waals surface area contributed by atoms with Gasteiger partial charge in [-0.3, -0.25) is 4.79 Å². The molecule has 2 aromatic rings. The van der Waals surface area contributed by atoms with Crippen LogP contribution in [0.25, 0.3) is 11.1 Å². The summed E-state index contributed by atoms with van der Waals surface area (Å²) in [4.78, 5) is 11.0. The molecule has 0 bridgehead atoms. The average molecular weight is 230 g/mol. The molecule has 2 aromatic carbocycles. The Balaban J connectivity index is 2.59. The summed E-state index contributed by atoms with van der Waals surface area (Å²) in [6.07, 6.45) is 0.750. The standard InChI is InChI=1S/C14H11FO2/c1-17-13-6-5-11(9-16)14(8-13)10-3-2-4-12(15)7-10/h2-9H,1H3. The number of rotatable bonds is 3. The molecule has 2 nitrogen and oxygen atoms in total. The maximum atomic E-state index is 13.2. The summed E-state index contributed by atoms with van der Waals surface area (Å²) in [7, 11) is 1.55. The van der Waals surface area contributed by atoms with Crippen LogP contribution < -0.4 is 4.74 Å². The molecule has 3 heteroatoms. The summed E-state index contributed by atoms with van der Waals surface area (Å²) in [5.41, 5.74) is 1.83. The first-order valence-electron chi connectivity index (χ1n) is 5.14. The van der Waals surface area contributed by atoms with E-state index >= 15 is 0 Å². The molecule has 0 amide bonds. The van der Waals surface area contributed by atoms with Gasteiger partial charge in [0.1, 0.15) is 11.6 Å². The molecule has 2 rings (SSSR count). The van der Waals surface area contributed by atoms with Crippen molar-refractivity contribution in [1.29, 1.82) is 0 Å². The first kappa shape index (κ1) is 11.3. The third kappa shape index (κ3) is 2.33. The number of hydrogen-bond acceptors (Lipinski definition) is 2. The van der Waals surface area contributed by atoms with Crippen molar-refractivity contribution in [1.82, 2.24) is 0 Å². The van der Waals surface area contributed by atoms with Gasteiger partial charge >= 0.3 is 0 Å². The number of aldehydes is 1. The van der Waals surface area contributed by atoms with E-state index in [2.05, 4.69) is 0 Å². The Morgan fingerprint density at radius 1 is 1.18 bits per heavy atom. The summed E-state index contributed by atoms with van der Waals surface area (Å²) < 4.78 is 18.2. The minimum atomic E-state index is -0.331. The van der Waals surface area contributed by atoms with E-state index in [1.807, 2.05) is 0 Å². The van der Waals surface area contributed by atoms with Gasteiger partial charge in [0.25, 0.3) is 0 Å². The highest BCUT2D eigenvalue weighted by atomic mass is 19.1. The number of carbonyl (C=O) groups excluding carboxylic acids is 1. The van der Waals surface area contributed by atoms with Gasteiger partial charge in [-0.1, -0.05) is 12.1 Å². The van der Waals surface area contributed by atoms with E-state index in [1.54, 1.807) is 37.4 Å². The van der Waals surface area contributed by atoms with E-state index in [1.165, 1.54) is 12.1 Å². The lowest BCUT2D eigenvalue weighted by Crippen LogP contribution is -1.90. The fourth-order valence-corrected chi connectivity index (χ4v) is 1.67. The molecule has 0 spiro atoms. The Hall–Kier alpha value is -2.16. The van der Waals surface area contributed by atoms with Crippen LogP contribution in [0.3, 0.4) is 0 Å². The zero-order valence-corrected chi connectivity index (χ0v) is 9.31. The van der Waals surface area contributed by atoms with Crippen molar-refractivity contribution in [3.8, 4) is 16.9 Å². The van der Waals surface area contributed by atoms with E-state index < -0.39 is 0 Å². The maximum Gasteiger partial charge on any atom is 0.150 e. The summed E-state index contributed by atoms with van der Waals surface area (Å²) in [5.74, 6) is 0.303.